The molecule has 0 bridgehead atoms. The Kier molecular flexibility index (Phi) is 7.98. The van der Waals surface area contributed by atoms with E-state index in [0.717, 1.165) is 35.4 Å². The summed E-state index contributed by atoms with van der Waals surface area (Å²) in [6.45, 7) is 3.98. The van der Waals surface area contributed by atoms with Gasteiger partial charge in [0.2, 0.25) is 0 Å². The number of aromatic nitrogens is 1. The first-order valence-electron chi connectivity index (χ1n) is 10.6. The summed E-state index contributed by atoms with van der Waals surface area (Å²) >= 11 is 0. The fraction of sp³-hybridized carbons (Fsp3) is 0.320. The minimum absolute atomic E-state index is 0.237. The van der Waals surface area contributed by atoms with Gasteiger partial charge in [-0.1, -0.05) is 37.2 Å². The normalized spacial score (nSPS) is 10.6. The molecule has 0 saturated heterocycles. The molecule has 6 nitrogen and oxygen atoms in total. The van der Waals surface area contributed by atoms with Crippen LogP contribution < -0.4 is 9.47 Å². The van der Waals surface area contributed by atoms with Gasteiger partial charge in [0.1, 0.15) is 23.0 Å². The Morgan fingerprint density at radius 1 is 0.871 bits per heavy atom. The maximum atomic E-state index is 12.0. The third kappa shape index (κ3) is 6.28. The van der Waals surface area contributed by atoms with Crippen LogP contribution in [0.5, 0.6) is 11.5 Å². The number of para-hydroxylation sites is 1. The summed E-state index contributed by atoms with van der Waals surface area (Å²) in [4.78, 5) is 23.7. The van der Waals surface area contributed by atoms with E-state index in [1.54, 1.807) is 24.3 Å². The zero-order valence-electron chi connectivity index (χ0n) is 17.9. The SMILES string of the molecule is CCCC(=O)Oc1ccc(-c2noc(CCCC(=O)Oc3ccccc3)c2CC)cc1. The summed E-state index contributed by atoms with van der Waals surface area (Å²) in [5, 5.41) is 4.24. The molecule has 162 valence electrons. The molecule has 0 N–H and O–H groups in total. The highest BCUT2D eigenvalue weighted by molar-refractivity contribution is 5.73. The van der Waals surface area contributed by atoms with Crippen LogP contribution in [-0.4, -0.2) is 17.1 Å². The van der Waals surface area contributed by atoms with Crippen LogP contribution in [-0.2, 0) is 22.4 Å². The number of carbonyl (C=O) groups is 2. The molecule has 0 aliphatic carbocycles. The molecule has 0 unspecified atom stereocenters. The van der Waals surface area contributed by atoms with Crippen LogP contribution >= 0.6 is 0 Å². The third-order valence-electron chi connectivity index (χ3n) is 4.80. The van der Waals surface area contributed by atoms with Crippen molar-refractivity contribution in [1.29, 1.82) is 0 Å². The number of ether oxygens (including phenoxy) is 2. The second kappa shape index (κ2) is 11.1. The first kappa shape index (κ1) is 22.3. The van der Waals surface area contributed by atoms with E-state index in [4.69, 9.17) is 14.0 Å². The molecular weight excluding hydrogens is 394 g/mol. The molecule has 0 amide bonds. The summed E-state index contributed by atoms with van der Waals surface area (Å²) in [7, 11) is 0. The molecule has 0 aliphatic rings. The van der Waals surface area contributed by atoms with Gasteiger partial charge in [0.25, 0.3) is 0 Å². The Hall–Kier alpha value is -3.41. The van der Waals surface area contributed by atoms with Crippen molar-refractivity contribution in [3.05, 3.63) is 65.9 Å². The van der Waals surface area contributed by atoms with Gasteiger partial charge < -0.3 is 14.0 Å². The number of rotatable bonds is 10. The first-order chi connectivity index (χ1) is 15.1. The topological polar surface area (TPSA) is 78.6 Å². The Bertz CT molecular complexity index is 993. The number of benzene rings is 2. The maximum absolute atomic E-state index is 12.0. The van der Waals surface area contributed by atoms with E-state index >= 15 is 0 Å². The van der Waals surface area contributed by atoms with E-state index in [0.29, 0.717) is 37.2 Å². The van der Waals surface area contributed by atoms with Crippen molar-refractivity contribution >= 4 is 11.9 Å². The van der Waals surface area contributed by atoms with Crippen LogP contribution in [0.2, 0.25) is 0 Å². The fourth-order valence-electron chi connectivity index (χ4n) is 3.26. The molecule has 1 aromatic heterocycles. The van der Waals surface area contributed by atoms with Gasteiger partial charge in [-0.2, -0.15) is 0 Å². The molecule has 0 saturated carbocycles. The summed E-state index contributed by atoms with van der Waals surface area (Å²) < 4.78 is 16.2. The molecule has 1 heterocycles. The standard InChI is InChI=1S/C25H27NO5/c1-3-9-23(27)30-20-16-14-18(15-17-20)25-21(4-2)22(31-26-25)12-8-13-24(28)29-19-10-6-5-7-11-19/h5-7,10-11,14-17H,3-4,8-9,12-13H2,1-2H3. The highest BCUT2D eigenvalue weighted by Crippen LogP contribution is 2.28. The summed E-state index contributed by atoms with van der Waals surface area (Å²) in [5.41, 5.74) is 2.69. The van der Waals surface area contributed by atoms with Crippen molar-refractivity contribution in [3.8, 4) is 22.8 Å². The molecule has 0 atom stereocenters. The Balaban J connectivity index is 1.58. The number of aryl methyl sites for hydroxylation is 1. The zero-order valence-corrected chi connectivity index (χ0v) is 17.9. The average Bonchev–Trinajstić information content (AvgIpc) is 3.18. The highest BCUT2D eigenvalue weighted by Gasteiger charge is 2.17. The monoisotopic (exact) mass is 421 g/mol. The van der Waals surface area contributed by atoms with Crippen LogP contribution in [0.3, 0.4) is 0 Å². The molecule has 0 spiro atoms. The van der Waals surface area contributed by atoms with Crippen molar-refractivity contribution in [2.45, 2.75) is 52.4 Å². The Morgan fingerprint density at radius 3 is 2.16 bits per heavy atom. The molecule has 6 heteroatoms. The highest BCUT2D eigenvalue weighted by atomic mass is 16.5. The third-order valence-corrected chi connectivity index (χ3v) is 4.80. The smallest absolute Gasteiger partial charge is 0.311 e. The van der Waals surface area contributed by atoms with E-state index in [1.165, 1.54) is 0 Å². The summed E-state index contributed by atoms with van der Waals surface area (Å²) in [6.07, 6.45) is 3.42. The van der Waals surface area contributed by atoms with Crippen molar-refractivity contribution in [2.24, 2.45) is 0 Å². The lowest BCUT2D eigenvalue weighted by molar-refractivity contribution is -0.135. The van der Waals surface area contributed by atoms with E-state index in [-0.39, 0.29) is 11.9 Å². The average molecular weight is 421 g/mol. The van der Waals surface area contributed by atoms with Gasteiger partial charge >= 0.3 is 11.9 Å². The van der Waals surface area contributed by atoms with Gasteiger partial charge in [-0.3, -0.25) is 9.59 Å². The van der Waals surface area contributed by atoms with Crippen LogP contribution in [0.25, 0.3) is 11.3 Å². The van der Waals surface area contributed by atoms with Crippen molar-refractivity contribution < 1.29 is 23.6 Å². The Labute approximate surface area is 182 Å². The Morgan fingerprint density at radius 2 is 1.52 bits per heavy atom. The van der Waals surface area contributed by atoms with Crippen LogP contribution in [0, 0.1) is 0 Å². The lowest BCUT2D eigenvalue weighted by Gasteiger charge is -2.05. The number of esters is 2. The zero-order chi connectivity index (χ0) is 22.1. The maximum Gasteiger partial charge on any atom is 0.311 e. The van der Waals surface area contributed by atoms with Crippen LogP contribution in [0.4, 0.5) is 0 Å². The van der Waals surface area contributed by atoms with Crippen molar-refractivity contribution in [3.63, 3.8) is 0 Å². The van der Waals surface area contributed by atoms with Crippen molar-refractivity contribution in [1.82, 2.24) is 5.16 Å². The largest absolute Gasteiger partial charge is 0.427 e. The van der Waals surface area contributed by atoms with Gasteiger partial charge in [0.15, 0.2) is 0 Å². The summed E-state index contributed by atoms with van der Waals surface area (Å²) in [5.74, 6) is 1.34. The van der Waals surface area contributed by atoms with E-state index in [1.807, 2.05) is 44.2 Å². The first-order valence-corrected chi connectivity index (χ1v) is 10.6. The lowest BCUT2D eigenvalue weighted by atomic mass is 10.0. The van der Waals surface area contributed by atoms with Crippen LogP contribution in [0.15, 0.2) is 59.1 Å². The minimum atomic E-state index is -0.266. The molecular formula is C25H27NO5. The predicted molar refractivity (Wildman–Crippen MR) is 117 cm³/mol. The molecule has 2 aromatic carbocycles. The van der Waals surface area contributed by atoms with Gasteiger partial charge in [0.05, 0.1) is 0 Å². The van der Waals surface area contributed by atoms with Crippen molar-refractivity contribution in [2.75, 3.05) is 0 Å². The molecule has 3 aromatic rings. The molecule has 0 aliphatic heterocycles. The van der Waals surface area contributed by atoms with E-state index in [2.05, 4.69) is 5.16 Å². The number of nitrogens with zero attached hydrogens (tertiary/aromatic N) is 1. The van der Waals surface area contributed by atoms with Gasteiger partial charge in [-0.05, 0) is 55.7 Å². The minimum Gasteiger partial charge on any atom is -0.427 e. The van der Waals surface area contributed by atoms with E-state index in [9.17, 15) is 9.59 Å². The van der Waals surface area contributed by atoms with Gasteiger partial charge in [-0.25, -0.2) is 0 Å². The van der Waals surface area contributed by atoms with Crippen LogP contribution in [0.1, 0.15) is 50.9 Å². The number of hydrogen-bond donors (Lipinski definition) is 0. The quantitative estimate of drug-likeness (QED) is 0.316. The molecule has 31 heavy (non-hydrogen) atoms. The summed E-state index contributed by atoms with van der Waals surface area (Å²) in [6, 6.07) is 16.3. The second-order valence-electron chi connectivity index (χ2n) is 7.18. The number of hydrogen-bond acceptors (Lipinski definition) is 6. The molecule has 0 fully saturated rings. The molecule has 3 rings (SSSR count). The second-order valence-corrected chi connectivity index (χ2v) is 7.18. The molecule has 0 radical (unpaired) electrons. The number of carbonyl (C=O) groups excluding carboxylic acids is 2. The van der Waals surface area contributed by atoms with E-state index < -0.39 is 0 Å². The van der Waals surface area contributed by atoms with Gasteiger partial charge in [-0.15, -0.1) is 0 Å². The lowest BCUT2D eigenvalue weighted by Crippen LogP contribution is -2.08. The fourth-order valence-corrected chi connectivity index (χ4v) is 3.26. The van der Waals surface area contributed by atoms with Gasteiger partial charge in [0, 0.05) is 30.4 Å². The predicted octanol–water partition coefficient (Wildman–Crippen LogP) is 5.54.